The maximum absolute atomic E-state index is 5.60. The zero-order chi connectivity index (χ0) is 15.8. The number of hydrogen-bond donors (Lipinski definition) is 1. The number of rotatable bonds is 9. The first kappa shape index (κ1) is 16.8. The third-order valence-corrected chi connectivity index (χ3v) is 3.83. The number of halogens is 1. The second-order valence-corrected chi connectivity index (χ2v) is 5.73. The molecule has 0 radical (unpaired) electrons. The highest BCUT2D eigenvalue weighted by Crippen LogP contribution is 2.36. The lowest BCUT2D eigenvalue weighted by Crippen LogP contribution is -2.16. The molecule has 2 aromatic rings. The topological polar surface area (TPSA) is 48.3 Å². The number of methoxy groups -OCH3 is 1. The van der Waals surface area contributed by atoms with Crippen molar-refractivity contribution in [2.45, 2.75) is 26.4 Å². The molecule has 0 saturated carbocycles. The minimum Gasteiger partial charge on any atom is -0.493 e. The van der Waals surface area contributed by atoms with Crippen LogP contribution >= 0.6 is 15.9 Å². The Morgan fingerprint density at radius 3 is 2.91 bits per heavy atom. The Balaban J connectivity index is 1.83. The zero-order valence-electron chi connectivity index (χ0n) is 13.0. The van der Waals surface area contributed by atoms with Crippen molar-refractivity contribution in [1.82, 2.24) is 14.9 Å². The lowest BCUT2D eigenvalue weighted by atomic mass is 10.2. The predicted octanol–water partition coefficient (Wildman–Crippen LogP) is 3.23. The molecular formula is C16H22BrN3O2. The van der Waals surface area contributed by atoms with Crippen molar-refractivity contribution in [3.05, 3.63) is 40.9 Å². The molecule has 0 amide bonds. The van der Waals surface area contributed by atoms with Crippen LogP contribution in [0.5, 0.6) is 11.5 Å². The Morgan fingerprint density at radius 1 is 1.36 bits per heavy atom. The lowest BCUT2D eigenvalue weighted by molar-refractivity contribution is 0.308. The maximum atomic E-state index is 5.60. The first-order chi connectivity index (χ1) is 10.7. The van der Waals surface area contributed by atoms with E-state index < -0.39 is 0 Å². The largest absolute Gasteiger partial charge is 0.493 e. The minimum absolute atomic E-state index is 0.612. The molecule has 1 N–H and O–H groups in total. The fourth-order valence-electron chi connectivity index (χ4n) is 2.20. The number of ether oxygens (including phenoxy) is 2. The average Bonchev–Trinajstić information content (AvgIpc) is 3.02. The van der Waals surface area contributed by atoms with Crippen molar-refractivity contribution in [3.8, 4) is 11.5 Å². The van der Waals surface area contributed by atoms with Crippen molar-refractivity contribution >= 4 is 15.9 Å². The Morgan fingerprint density at radius 2 is 2.23 bits per heavy atom. The highest BCUT2D eigenvalue weighted by Gasteiger charge is 2.10. The van der Waals surface area contributed by atoms with Gasteiger partial charge in [0.15, 0.2) is 11.5 Å². The summed E-state index contributed by atoms with van der Waals surface area (Å²) in [4.78, 5) is 4.03. The van der Waals surface area contributed by atoms with E-state index in [0.29, 0.717) is 6.61 Å². The van der Waals surface area contributed by atoms with Gasteiger partial charge in [0.2, 0.25) is 0 Å². The van der Waals surface area contributed by atoms with Crippen molar-refractivity contribution in [1.29, 1.82) is 0 Å². The number of nitrogens with zero attached hydrogens (tertiary/aromatic N) is 2. The van der Waals surface area contributed by atoms with E-state index in [0.717, 1.165) is 47.6 Å². The van der Waals surface area contributed by atoms with Crippen LogP contribution in [0.3, 0.4) is 0 Å². The van der Waals surface area contributed by atoms with Crippen molar-refractivity contribution in [2.24, 2.45) is 0 Å². The van der Waals surface area contributed by atoms with Gasteiger partial charge in [0.1, 0.15) is 0 Å². The van der Waals surface area contributed by atoms with E-state index in [1.807, 2.05) is 25.5 Å². The van der Waals surface area contributed by atoms with Gasteiger partial charge in [0.25, 0.3) is 0 Å². The second-order valence-electron chi connectivity index (χ2n) is 4.87. The Kier molecular flexibility index (Phi) is 6.74. The van der Waals surface area contributed by atoms with Gasteiger partial charge in [-0.1, -0.05) is 0 Å². The van der Waals surface area contributed by atoms with Crippen LogP contribution in [0.25, 0.3) is 0 Å². The van der Waals surface area contributed by atoms with E-state index in [1.165, 1.54) is 0 Å². The normalized spacial score (nSPS) is 10.7. The van der Waals surface area contributed by atoms with Crippen LogP contribution in [0, 0.1) is 0 Å². The molecule has 120 valence electrons. The molecule has 2 rings (SSSR count). The molecule has 22 heavy (non-hydrogen) atoms. The fourth-order valence-corrected chi connectivity index (χ4v) is 2.80. The van der Waals surface area contributed by atoms with Crippen LogP contribution in [0.15, 0.2) is 35.3 Å². The van der Waals surface area contributed by atoms with Crippen molar-refractivity contribution < 1.29 is 9.47 Å². The van der Waals surface area contributed by atoms with Crippen molar-refractivity contribution in [2.75, 3.05) is 20.3 Å². The third kappa shape index (κ3) is 4.74. The van der Waals surface area contributed by atoms with Crippen LogP contribution in [0.1, 0.15) is 18.9 Å². The summed E-state index contributed by atoms with van der Waals surface area (Å²) in [6.45, 7) is 5.29. The molecular weight excluding hydrogens is 346 g/mol. The summed E-state index contributed by atoms with van der Waals surface area (Å²) in [5.74, 6) is 1.51. The number of aryl methyl sites for hydroxylation is 1. The summed E-state index contributed by atoms with van der Waals surface area (Å²) >= 11 is 3.55. The zero-order valence-corrected chi connectivity index (χ0v) is 14.6. The highest BCUT2D eigenvalue weighted by atomic mass is 79.9. The number of aromatic nitrogens is 2. The first-order valence-electron chi connectivity index (χ1n) is 7.40. The Hall–Kier alpha value is -1.53. The molecule has 0 spiro atoms. The monoisotopic (exact) mass is 367 g/mol. The van der Waals surface area contributed by atoms with Gasteiger partial charge in [-0.15, -0.1) is 0 Å². The number of imidazole rings is 1. The Labute approximate surface area is 139 Å². The van der Waals surface area contributed by atoms with Gasteiger partial charge < -0.3 is 19.4 Å². The molecule has 6 heteroatoms. The van der Waals surface area contributed by atoms with Gasteiger partial charge in [0.05, 0.1) is 24.5 Å². The highest BCUT2D eigenvalue weighted by molar-refractivity contribution is 9.10. The molecule has 5 nitrogen and oxygen atoms in total. The third-order valence-electron chi connectivity index (χ3n) is 3.24. The van der Waals surface area contributed by atoms with Crippen LogP contribution in [-0.2, 0) is 13.1 Å². The quantitative estimate of drug-likeness (QED) is 0.691. The molecule has 0 unspecified atom stereocenters. The number of benzene rings is 1. The second kappa shape index (κ2) is 8.80. The first-order valence-corrected chi connectivity index (χ1v) is 8.19. The summed E-state index contributed by atoms with van der Waals surface area (Å²) in [6.07, 6.45) is 6.69. The number of hydrogen-bond acceptors (Lipinski definition) is 4. The summed E-state index contributed by atoms with van der Waals surface area (Å²) < 4.78 is 14.0. The van der Waals surface area contributed by atoms with Gasteiger partial charge in [-0.2, -0.15) is 0 Å². The molecule has 0 aliphatic carbocycles. The van der Waals surface area contributed by atoms with Gasteiger partial charge in [-0.25, -0.2) is 4.98 Å². The van der Waals surface area contributed by atoms with Crippen LogP contribution in [0.2, 0.25) is 0 Å². The van der Waals surface area contributed by atoms with E-state index in [4.69, 9.17) is 9.47 Å². The van der Waals surface area contributed by atoms with Crippen LogP contribution < -0.4 is 14.8 Å². The smallest absolute Gasteiger partial charge is 0.175 e. The molecule has 1 heterocycles. The van der Waals surface area contributed by atoms with E-state index in [1.54, 1.807) is 13.3 Å². The molecule has 0 atom stereocenters. The minimum atomic E-state index is 0.612. The fraction of sp³-hybridized carbons (Fsp3) is 0.438. The number of nitrogens with one attached hydrogen (secondary N) is 1. The SMILES string of the molecule is CCOc1c(Br)cc(CNCCCn2ccnc2)cc1OC. The molecule has 1 aromatic carbocycles. The van der Waals surface area contributed by atoms with E-state index in [9.17, 15) is 0 Å². The Bertz CT molecular complexity index is 573. The van der Waals surface area contributed by atoms with Crippen LogP contribution in [0.4, 0.5) is 0 Å². The molecule has 0 fully saturated rings. The lowest BCUT2D eigenvalue weighted by Gasteiger charge is -2.14. The standard InChI is InChI=1S/C16H22BrN3O2/c1-3-22-16-14(17)9-13(10-15(16)21-2)11-18-5-4-7-20-8-6-19-12-20/h6,8-10,12,18H,3-5,7,11H2,1-2H3. The predicted molar refractivity (Wildman–Crippen MR) is 90.4 cm³/mol. The van der Waals surface area contributed by atoms with Crippen LogP contribution in [-0.4, -0.2) is 29.8 Å². The van der Waals surface area contributed by atoms with Gasteiger partial charge in [-0.3, -0.25) is 0 Å². The van der Waals surface area contributed by atoms with E-state index >= 15 is 0 Å². The summed E-state index contributed by atoms with van der Waals surface area (Å²) in [5, 5.41) is 3.44. The maximum Gasteiger partial charge on any atom is 0.175 e. The molecule has 1 aromatic heterocycles. The molecule has 0 bridgehead atoms. The van der Waals surface area contributed by atoms with Gasteiger partial charge in [-0.05, 0) is 53.5 Å². The average molecular weight is 368 g/mol. The van der Waals surface area contributed by atoms with E-state index in [-0.39, 0.29) is 0 Å². The van der Waals surface area contributed by atoms with Gasteiger partial charge in [0, 0.05) is 25.5 Å². The molecule has 0 aliphatic heterocycles. The summed E-state index contributed by atoms with van der Waals surface area (Å²) in [7, 11) is 1.66. The van der Waals surface area contributed by atoms with Crippen molar-refractivity contribution in [3.63, 3.8) is 0 Å². The molecule has 0 aliphatic rings. The van der Waals surface area contributed by atoms with E-state index in [2.05, 4.69) is 36.9 Å². The summed E-state index contributed by atoms with van der Waals surface area (Å²) in [6, 6.07) is 4.08. The summed E-state index contributed by atoms with van der Waals surface area (Å²) in [5.41, 5.74) is 1.16. The molecule has 0 saturated heterocycles. The van der Waals surface area contributed by atoms with Gasteiger partial charge >= 0.3 is 0 Å².